The zero-order valence-electron chi connectivity index (χ0n) is 12.6. The van der Waals surface area contributed by atoms with E-state index in [9.17, 15) is 13.2 Å². The molecule has 2 fully saturated rings. The Kier molecular flexibility index (Phi) is 4.72. The summed E-state index contributed by atoms with van der Waals surface area (Å²) in [5, 5.41) is 11.1. The number of hydrogen-bond acceptors (Lipinski definition) is 6. The number of nitrogens with zero attached hydrogens (tertiary/aromatic N) is 3. The third-order valence-corrected chi connectivity index (χ3v) is 6.28. The Labute approximate surface area is 140 Å². The van der Waals surface area contributed by atoms with E-state index in [1.54, 1.807) is 12.1 Å². The molecule has 2 unspecified atom stereocenters. The van der Waals surface area contributed by atoms with Crippen LogP contribution in [0.15, 0.2) is 12.1 Å². The summed E-state index contributed by atoms with van der Waals surface area (Å²) < 4.78 is 23.0. The molecular formula is C14H19ClN4O3S. The van der Waals surface area contributed by atoms with Crippen LogP contribution in [0, 0.1) is 5.92 Å². The molecule has 3 rings (SSSR count). The Morgan fingerprint density at radius 1 is 1.30 bits per heavy atom. The minimum Gasteiger partial charge on any atom is -0.354 e. The highest BCUT2D eigenvalue weighted by atomic mass is 35.5. The molecule has 0 radical (unpaired) electrons. The lowest BCUT2D eigenvalue weighted by Gasteiger charge is -2.33. The van der Waals surface area contributed by atoms with Gasteiger partial charge < -0.3 is 10.2 Å². The number of carbonyl (C=O) groups excluding carboxylic acids is 1. The van der Waals surface area contributed by atoms with Crippen molar-refractivity contribution in [3.8, 4) is 0 Å². The molecule has 1 N–H and O–H groups in total. The summed E-state index contributed by atoms with van der Waals surface area (Å²) in [4.78, 5) is 14.4. The summed E-state index contributed by atoms with van der Waals surface area (Å²) in [6.07, 6.45) is 2.18. The fourth-order valence-electron chi connectivity index (χ4n) is 3.10. The van der Waals surface area contributed by atoms with Crippen LogP contribution in [0.4, 0.5) is 5.82 Å². The van der Waals surface area contributed by atoms with Crippen molar-refractivity contribution in [3.05, 3.63) is 17.3 Å². The topological polar surface area (TPSA) is 92.3 Å². The number of sulfone groups is 1. The Morgan fingerprint density at radius 2 is 2.13 bits per heavy atom. The van der Waals surface area contributed by atoms with Crippen LogP contribution in [-0.2, 0) is 14.6 Å². The van der Waals surface area contributed by atoms with Crippen molar-refractivity contribution in [2.45, 2.75) is 25.3 Å². The standard InChI is InChI=1S/C14H19ClN4O3S/c15-12-3-4-13(18-17-12)19-6-1-2-10(8-19)14(20)16-11-5-7-23(21,22)9-11/h3-4,10-11H,1-2,5-9H2,(H,16,20). The van der Waals surface area contributed by atoms with E-state index in [1.807, 2.05) is 4.90 Å². The summed E-state index contributed by atoms with van der Waals surface area (Å²) in [5.41, 5.74) is 0. The highest BCUT2D eigenvalue weighted by Crippen LogP contribution is 2.22. The van der Waals surface area contributed by atoms with Gasteiger partial charge in [0.1, 0.15) is 0 Å². The largest absolute Gasteiger partial charge is 0.354 e. The second-order valence-electron chi connectivity index (χ2n) is 6.11. The summed E-state index contributed by atoms with van der Waals surface area (Å²) in [6.45, 7) is 1.37. The molecule has 2 atom stereocenters. The van der Waals surface area contributed by atoms with Gasteiger partial charge in [0.05, 0.1) is 17.4 Å². The first kappa shape index (κ1) is 16.4. The Hall–Kier alpha value is -1.41. The molecule has 0 bridgehead atoms. The second kappa shape index (κ2) is 6.60. The minimum absolute atomic E-state index is 0.0534. The molecule has 0 aliphatic carbocycles. The highest BCUT2D eigenvalue weighted by Gasteiger charge is 2.32. The maximum absolute atomic E-state index is 12.4. The molecule has 2 aliphatic heterocycles. The quantitative estimate of drug-likeness (QED) is 0.852. The van der Waals surface area contributed by atoms with Crippen molar-refractivity contribution in [1.82, 2.24) is 15.5 Å². The minimum atomic E-state index is -2.99. The van der Waals surface area contributed by atoms with Gasteiger partial charge in [0.2, 0.25) is 5.91 Å². The third-order valence-electron chi connectivity index (χ3n) is 4.31. The Morgan fingerprint density at radius 3 is 2.78 bits per heavy atom. The van der Waals surface area contributed by atoms with E-state index >= 15 is 0 Å². The van der Waals surface area contributed by atoms with E-state index in [4.69, 9.17) is 11.6 Å². The van der Waals surface area contributed by atoms with Gasteiger partial charge in [-0.3, -0.25) is 4.79 Å². The van der Waals surface area contributed by atoms with E-state index in [1.165, 1.54) is 0 Å². The zero-order valence-corrected chi connectivity index (χ0v) is 14.2. The average Bonchev–Trinajstić information content (AvgIpc) is 2.87. The van der Waals surface area contributed by atoms with Crippen LogP contribution in [0.1, 0.15) is 19.3 Å². The van der Waals surface area contributed by atoms with Crippen molar-refractivity contribution in [2.24, 2.45) is 5.92 Å². The summed E-state index contributed by atoms with van der Waals surface area (Å²) in [6, 6.07) is 3.22. The van der Waals surface area contributed by atoms with Crippen molar-refractivity contribution in [3.63, 3.8) is 0 Å². The molecule has 2 aliphatic rings. The maximum Gasteiger partial charge on any atom is 0.225 e. The molecule has 3 heterocycles. The molecule has 23 heavy (non-hydrogen) atoms. The molecule has 1 aromatic heterocycles. The lowest BCUT2D eigenvalue weighted by atomic mass is 9.96. The predicted molar refractivity (Wildman–Crippen MR) is 87.2 cm³/mol. The van der Waals surface area contributed by atoms with Crippen LogP contribution in [0.3, 0.4) is 0 Å². The number of amides is 1. The van der Waals surface area contributed by atoms with Crippen LogP contribution >= 0.6 is 11.6 Å². The second-order valence-corrected chi connectivity index (χ2v) is 8.72. The SMILES string of the molecule is O=C(NC1CCS(=O)(=O)C1)C1CCCN(c2ccc(Cl)nn2)C1. The van der Waals surface area contributed by atoms with E-state index in [0.717, 1.165) is 19.4 Å². The summed E-state index contributed by atoms with van der Waals surface area (Å²) >= 11 is 5.74. The number of carbonyl (C=O) groups is 1. The van der Waals surface area contributed by atoms with Gasteiger partial charge in [-0.05, 0) is 31.4 Å². The van der Waals surface area contributed by atoms with Crippen LogP contribution in [0.25, 0.3) is 0 Å². The van der Waals surface area contributed by atoms with Crippen molar-refractivity contribution >= 4 is 33.2 Å². The molecule has 126 valence electrons. The van der Waals surface area contributed by atoms with Crippen molar-refractivity contribution < 1.29 is 13.2 Å². The molecule has 1 amide bonds. The third kappa shape index (κ3) is 4.11. The van der Waals surface area contributed by atoms with E-state index in [0.29, 0.717) is 23.9 Å². The highest BCUT2D eigenvalue weighted by molar-refractivity contribution is 7.91. The lowest BCUT2D eigenvalue weighted by Crippen LogP contribution is -2.46. The van der Waals surface area contributed by atoms with Crippen LogP contribution in [0.2, 0.25) is 5.15 Å². The molecule has 7 nitrogen and oxygen atoms in total. The monoisotopic (exact) mass is 358 g/mol. The number of piperidine rings is 1. The number of nitrogens with one attached hydrogen (secondary N) is 1. The fourth-order valence-corrected chi connectivity index (χ4v) is 4.88. The number of hydrogen-bond donors (Lipinski definition) is 1. The van der Waals surface area contributed by atoms with Crippen LogP contribution < -0.4 is 10.2 Å². The Balaban J connectivity index is 1.59. The molecule has 1 aromatic rings. The molecule has 2 saturated heterocycles. The van der Waals surface area contributed by atoms with E-state index in [-0.39, 0.29) is 29.4 Å². The van der Waals surface area contributed by atoms with E-state index in [2.05, 4.69) is 15.5 Å². The van der Waals surface area contributed by atoms with Gasteiger partial charge in [0, 0.05) is 19.1 Å². The maximum atomic E-state index is 12.4. The molecule has 0 spiro atoms. The van der Waals surface area contributed by atoms with Gasteiger partial charge in [-0.2, -0.15) is 0 Å². The van der Waals surface area contributed by atoms with Gasteiger partial charge in [-0.15, -0.1) is 10.2 Å². The Bertz CT molecular complexity index is 680. The first-order chi connectivity index (χ1) is 10.9. The van der Waals surface area contributed by atoms with Crippen LogP contribution in [0.5, 0.6) is 0 Å². The fraction of sp³-hybridized carbons (Fsp3) is 0.643. The summed E-state index contributed by atoms with van der Waals surface area (Å²) in [5.74, 6) is 0.686. The number of halogens is 1. The first-order valence-corrected chi connectivity index (χ1v) is 9.88. The number of aromatic nitrogens is 2. The van der Waals surface area contributed by atoms with Gasteiger partial charge in [-0.1, -0.05) is 11.6 Å². The van der Waals surface area contributed by atoms with Gasteiger partial charge >= 0.3 is 0 Å². The van der Waals surface area contributed by atoms with Crippen LogP contribution in [-0.4, -0.2) is 55.2 Å². The number of rotatable bonds is 3. The van der Waals surface area contributed by atoms with Gasteiger partial charge in [-0.25, -0.2) is 8.42 Å². The van der Waals surface area contributed by atoms with Gasteiger partial charge in [0.15, 0.2) is 20.8 Å². The smallest absolute Gasteiger partial charge is 0.225 e. The molecule has 9 heteroatoms. The molecular weight excluding hydrogens is 340 g/mol. The first-order valence-electron chi connectivity index (χ1n) is 7.68. The normalized spacial score (nSPS) is 26.9. The molecule has 0 saturated carbocycles. The molecule has 0 aromatic carbocycles. The predicted octanol–water partition coefficient (Wildman–Crippen LogP) is 0.650. The summed E-state index contributed by atoms with van der Waals surface area (Å²) in [7, 11) is -2.99. The van der Waals surface area contributed by atoms with Crippen molar-refractivity contribution in [1.29, 1.82) is 0 Å². The van der Waals surface area contributed by atoms with Crippen molar-refractivity contribution in [2.75, 3.05) is 29.5 Å². The lowest BCUT2D eigenvalue weighted by molar-refractivity contribution is -0.125. The number of anilines is 1. The van der Waals surface area contributed by atoms with Gasteiger partial charge in [0.25, 0.3) is 0 Å². The van der Waals surface area contributed by atoms with E-state index < -0.39 is 9.84 Å². The zero-order chi connectivity index (χ0) is 16.4. The average molecular weight is 359 g/mol.